The van der Waals surface area contributed by atoms with Crippen LogP contribution >= 0.6 is 0 Å². The molecule has 0 saturated heterocycles. The first-order valence-corrected chi connectivity index (χ1v) is 7.05. The SMILES string of the molecule is CCN(CCNCc1ccc(OC)c(O)c1)C1CC1. The van der Waals surface area contributed by atoms with Crippen molar-refractivity contribution in [1.82, 2.24) is 10.2 Å². The fraction of sp³-hybridized carbons (Fsp3) is 0.600. The maximum absolute atomic E-state index is 9.69. The predicted octanol–water partition coefficient (Wildman–Crippen LogP) is 1.97. The second kappa shape index (κ2) is 6.78. The summed E-state index contributed by atoms with van der Waals surface area (Å²) >= 11 is 0. The summed E-state index contributed by atoms with van der Waals surface area (Å²) in [4.78, 5) is 2.53. The molecule has 1 saturated carbocycles. The molecule has 4 nitrogen and oxygen atoms in total. The van der Waals surface area contributed by atoms with E-state index in [4.69, 9.17) is 4.74 Å². The van der Waals surface area contributed by atoms with Gasteiger partial charge in [-0.25, -0.2) is 0 Å². The van der Waals surface area contributed by atoms with Gasteiger partial charge in [-0.3, -0.25) is 4.90 Å². The van der Waals surface area contributed by atoms with Gasteiger partial charge >= 0.3 is 0 Å². The van der Waals surface area contributed by atoms with Crippen LogP contribution in [0.25, 0.3) is 0 Å². The maximum Gasteiger partial charge on any atom is 0.160 e. The molecule has 2 rings (SSSR count). The fourth-order valence-corrected chi connectivity index (χ4v) is 2.34. The molecule has 0 aromatic heterocycles. The third-order valence-corrected chi connectivity index (χ3v) is 3.62. The van der Waals surface area contributed by atoms with Crippen LogP contribution in [-0.4, -0.2) is 42.8 Å². The van der Waals surface area contributed by atoms with Crippen molar-refractivity contribution in [2.75, 3.05) is 26.7 Å². The van der Waals surface area contributed by atoms with E-state index < -0.39 is 0 Å². The van der Waals surface area contributed by atoms with Crippen molar-refractivity contribution in [3.8, 4) is 11.5 Å². The summed E-state index contributed by atoms with van der Waals surface area (Å²) in [6.07, 6.45) is 2.72. The first-order valence-electron chi connectivity index (χ1n) is 7.05. The van der Waals surface area contributed by atoms with Gasteiger partial charge in [-0.05, 0) is 37.1 Å². The maximum atomic E-state index is 9.69. The molecule has 1 fully saturated rings. The van der Waals surface area contributed by atoms with Crippen LogP contribution < -0.4 is 10.1 Å². The molecule has 1 aliphatic carbocycles. The molecule has 0 radical (unpaired) electrons. The summed E-state index contributed by atoms with van der Waals surface area (Å²) in [7, 11) is 1.56. The van der Waals surface area contributed by atoms with Crippen LogP contribution in [0.4, 0.5) is 0 Å². The average molecular weight is 264 g/mol. The minimum atomic E-state index is 0.204. The summed E-state index contributed by atoms with van der Waals surface area (Å²) < 4.78 is 5.03. The van der Waals surface area contributed by atoms with Gasteiger partial charge in [0.1, 0.15) is 0 Å². The van der Waals surface area contributed by atoms with Crippen LogP contribution in [0.1, 0.15) is 25.3 Å². The summed E-state index contributed by atoms with van der Waals surface area (Å²) in [5.41, 5.74) is 1.08. The highest BCUT2D eigenvalue weighted by Crippen LogP contribution is 2.26. The minimum absolute atomic E-state index is 0.204. The lowest BCUT2D eigenvalue weighted by Gasteiger charge is -2.19. The second-order valence-corrected chi connectivity index (χ2v) is 5.04. The molecule has 0 bridgehead atoms. The lowest BCUT2D eigenvalue weighted by atomic mass is 10.2. The van der Waals surface area contributed by atoms with E-state index in [1.807, 2.05) is 6.07 Å². The van der Waals surface area contributed by atoms with Crippen molar-refractivity contribution in [1.29, 1.82) is 0 Å². The van der Waals surface area contributed by atoms with Crippen LogP contribution in [0.15, 0.2) is 18.2 Å². The smallest absolute Gasteiger partial charge is 0.160 e. The van der Waals surface area contributed by atoms with E-state index in [1.54, 1.807) is 19.2 Å². The van der Waals surface area contributed by atoms with Crippen molar-refractivity contribution >= 4 is 0 Å². The first kappa shape index (κ1) is 14.2. The van der Waals surface area contributed by atoms with Gasteiger partial charge in [-0.15, -0.1) is 0 Å². The molecular weight excluding hydrogens is 240 g/mol. The van der Waals surface area contributed by atoms with Gasteiger partial charge in [0, 0.05) is 25.7 Å². The zero-order valence-electron chi connectivity index (χ0n) is 11.9. The van der Waals surface area contributed by atoms with Crippen LogP contribution in [0.5, 0.6) is 11.5 Å². The van der Waals surface area contributed by atoms with Crippen molar-refractivity contribution in [2.45, 2.75) is 32.4 Å². The van der Waals surface area contributed by atoms with Crippen LogP contribution in [0.3, 0.4) is 0 Å². The molecule has 4 heteroatoms. The van der Waals surface area contributed by atoms with Gasteiger partial charge in [0.25, 0.3) is 0 Å². The molecule has 106 valence electrons. The van der Waals surface area contributed by atoms with E-state index in [1.165, 1.54) is 12.8 Å². The van der Waals surface area contributed by atoms with Crippen LogP contribution in [0, 0.1) is 0 Å². The Labute approximate surface area is 115 Å². The monoisotopic (exact) mass is 264 g/mol. The van der Waals surface area contributed by atoms with Crippen LogP contribution in [-0.2, 0) is 6.54 Å². The van der Waals surface area contributed by atoms with Gasteiger partial charge in [-0.2, -0.15) is 0 Å². The molecule has 1 aromatic rings. The Kier molecular flexibility index (Phi) is 5.05. The standard InChI is InChI=1S/C15H24N2O2/c1-3-17(13-5-6-13)9-8-16-11-12-4-7-15(19-2)14(18)10-12/h4,7,10,13,16,18H,3,5-6,8-9,11H2,1-2H3. The number of likely N-dealkylation sites (N-methyl/N-ethyl adjacent to an activating group) is 1. The number of phenolic OH excluding ortho intramolecular Hbond substituents is 1. The Hall–Kier alpha value is -1.26. The number of hydrogen-bond acceptors (Lipinski definition) is 4. The molecule has 0 heterocycles. The Balaban J connectivity index is 1.71. The van der Waals surface area contributed by atoms with Crippen molar-refractivity contribution in [3.63, 3.8) is 0 Å². The van der Waals surface area contributed by atoms with Crippen molar-refractivity contribution < 1.29 is 9.84 Å². The predicted molar refractivity (Wildman–Crippen MR) is 76.6 cm³/mol. The quantitative estimate of drug-likeness (QED) is 0.705. The third-order valence-electron chi connectivity index (χ3n) is 3.62. The minimum Gasteiger partial charge on any atom is -0.504 e. The number of nitrogens with zero attached hydrogens (tertiary/aromatic N) is 1. The van der Waals surface area contributed by atoms with Gasteiger partial charge in [0.15, 0.2) is 11.5 Å². The molecule has 0 unspecified atom stereocenters. The number of rotatable bonds is 8. The number of hydrogen-bond donors (Lipinski definition) is 2. The summed E-state index contributed by atoms with van der Waals surface area (Å²) in [5, 5.41) is 13.1. The topological polar surface area (TPSA) is 44.7 Å². The number of aromatic hydroxyl groups is 1. The molecular formula is C15H24N2O2. The largest absolute Gasteiger partial charge is 0.504 e. The molecule has 0 amide bonds. The Morgan fingerprint density at radius 3 is 2.79 bits per heavy atom. The van der Waals surface area contributed by atoms with E-state index in [-0.39, 0.29) is 5.75 Å². The van der Waals surface area contributed by atoms with E-state index >= 15 is 0 Å². The Morgan fingerprint density at radius 2 is 2.21 bits per heavy atom. The third kappa shape index (κ3) is 4.11. The summed E-state index contributed by atoms with van der Waals surface area (Å²) in [6.45, 7) is 6.22. The highest BCUT2D eigenvalue weighted by Gasteiger charge is 2.26. The number of benzene rings is 1. The lowest BCUT2D eigenvalue weighted by molar-refractivity contribution is 0.277. The molecule has 0 atom stereocenters. The molecule has 0 spiro atoms. The number of nitrogens with one attached hydrogen (secondary N) is 1. The summed E-state index contributed by atoms with van der Waals surface area (Å²) in [5.74, 6) is 0.726. The zero-order valence-corrected chi connectivity index (χ0v) is 11.9. The van der Waals surface area contributed by atoms with Gasteiger partial charge in [-0.1, -0.05) is 13.0 Å². The zero-order chi connectivity index (χ0) is 13.7. The molecule has 2 N–H and O–H groups in total. The van der Waals surface area contributed by atoms with Gasteiger partial charge < -0.3 is 15.2 Å². The van der Waals surface area contributed by atoms with Gasteiger partial charge in [0.05, 0.1) is 7.11 Å². The molecule has 1 aromatic carbocycles. The average Bonchev–Trinajstić information content (AvgIpc) is 3.23. The highest BCUT2D eigenvalue weighted by atomic mass is 16.5. The molecule has 1 aliphatic rings. The van der Waals surface area contributed by atoms with Crippen molar-refractivity contribution in [2.24, 2.45) is 0 Å². The normalized spacial score (nSPS) is 14.9. The Bertz CT molecular complexity index is 405. The van der Waals surface area contributed by atoms with Crippen LogP contribution in [0.2, 0.25) is 0 Å². The Morgan fingerprint density at radius 1 is 1.42 bits per heavy atom. The van der Waals surface area contributed by atoms with E-state index in [0.29, 0.717) is 5.75 Å². The van der Waals surface area contributed by atoms with Crippen molar-refractivity contribution in [3.05, 3.63) is 23.8 Å². The first-order chi connectivity index (χ1) is 9.24. The number of methoxy groups -OCH3 is 1. The highest BCUT2D eigenvalue weighted by molar-refractivity contribution is 5.41. The number of ether oxygens (including phenoxy) is 1. The lowest BCUT2D eigenvalue weighted by Crippen LogP contribution is -2.33. The number of phenols is 1. The molecule has 19 heavy (non-hydrogen) atoms. The summed E-state index contributed by atoms with van der Waals surface area (Å²) in [6, 6.07) is 6.36. The van der Waals surface area contributed by atoms with E-state index in [0.717, 1.165) is 37.8 Å². The molecule has 0 aliphatic heterocycles. The fourth-order valence-electron chi connectivity index (χ4n) is 2.34. The second-order valence-electron chi connectivity index (χ2n) is 5.04. The van der Waals surface area contributed by atoms with E-state index in [2.05, 4.69) is 17.1 Å². The van der Waals surface area contributed by atoms with E-state index in [9.17, 15) is 5.11 Å². The van der Waals surface area contributed by atoms with Gasteiger partial charge in [0.2, 0.25) is 0 Å².